The molecule has 1 saturated carbocycles. The lowest BCUT2D eigenvalue weighted by Crippen LogP contribution is -2.70. The number of nitrogens with zero attached hydrogens (tertiary/aromatic N) is 5. The predicted molar refractivity (Wildman–Crippen MR) is 113 cm³/mol. The second kappa shape index (κ2) is 7.61. The van der Waals surface area contributed by atoms with E-state index in [4.69, 9.17) is 16.0 Å². The highest BCUT2D eigenvalue weighted by atomic mass is 35.5. The Hall–Kier alpha value is -2.98. The maximum absolute atomic E-state index is 13.4. The van der Waals surface area contributed by atoms with E-state index in [1.807, 2.05) is 11.9 Å². The Morgan fingerprint density at radius 3 is 3.03 bits per heavy atom. The largest absolute Gasteiger partial charge is 0.421 e. The van der Waals surface area contributed by atoms with Gasteiger partial charge < -0.3 is 20.0 Å². The molecule has 5 rings (SSSR count). The second-order valence-corrected chi connectivity index (χ2v) is 8.70. The summed E-state index contributed by atoms with van der Waals surface area (Å²) in [4.78, 5) is 19.4. The molecular formula is C20H23ClN8O2. The molecular weight excluding hydrogens is 420 g/mol. The zero-order chi connectivity index (χ0) is 21.6. The van der Waals surface area contributed by atoms with Crippen LogP contribution in [0.5, 0.6) is 0 Å². The van der Waals surface area contributed by atoms with E-state index in [9.17, 15) is 4.79 Å². The van der Waals surface area contributed by atoms with Gasteiger partial charge in [0.15, 0.2) is 5.82 Å². The van der Waals surface area contributed by atoms with Crippen LogP contribution in [-0.2, 0) is 12.1 Å². The van der Waals surface area contributed by atoms with E-state index in [1.54, 1.807) is 18.2 Å². The number of piperidine rings is 1. The number of hydrogen-bond acceptors (Lipinski definition) is 7. The number of H-pyrrole nitrogens is 1. The standard InChI is InChI=1S/C20H23ClN8O2/c1-11-5-13-8-20(7-11,18-28-26-16(31-18)9-22-2)29(13)19(30)25-12-3-4-15(21)14(6-12)17-23-10-24-27-17/h3-4,6,10-11,13,22H,5,7-9H2,1-2H3,(H,25,30)(H,23,24,27)/t11-,13-,20+/m0/s1. The molecule has 0 radical (unpaired) electrons. The Labute approximate surface area is 183 Å². The van der Waals surface area contributed by atoms with Gasteiger partial charge in [-0.05, 0) is 44.0 Å². The van der Waals surface area contributed by atoms with Crippen molar-refractivity contribution in [1.29, 1.82) is 0 Å². The van der Waals surface area contributed by atoms with Crippen molar-refractivity contribution in [3.63, 3.8) is 0 Å². The first-order valence-electron chi connectivity index (χ1n) is 10.2. The van der Waals surface area contributed by atoms with Gasteiger partial charge in [0.2, 0.25) is 11.8 Å². The predicted octanol–water partition coefficient (Wildman–Crippen LogP) is 3.16. The fourth-order valence-corrected chi connectivity index (χ4v) is 5.12. The van der Waals surface area contributed by atoms with Crippen LogP contribution in [0.3, 0.4) is 0 Å². The van der Waals surface area contributed by atoms with Crippen molar-refractivity contribution in [2.45, 2.75) is 44.3 Å². The smallest absolute Gasteiger partial charge is 0.323 e. The third kappa shape index (κ3) is 3.35. The molecule has 1 aromatic carbocycles. The fraction of sp³-hybridized carbons (Fsp3) is 0.450. The molecule has 11 heteroatoms. The van der Waals surface area contributed by atoms with Crippen LogP contribution in [0.1, 0.15) is 38.0 Å². The third-order valence-electron chi connectivity index (χ3n) is 6.06. The average Bonchev–Trinajstić information content (AvgIpc) is 3.41. The zero-order valence-electron chi connectivity index (χ0n) is 17.2. The molecule has 162 valence electrons. The maximum atomic E-state index is 13.4. The Morgan fingerprint density at radius 2 is 2.26 bits per heavy atom. The summed E-state index contributed by atoms with van der Waals surface area (Å²) in [5.74, 6) is 2.03. The van der Waals surface area contributed by atoms with Crippen LogP contribution in [0, 0.1) is 5.92 Å². The minimum Gasteiger partial charge on any atom is -0.421 e. The van der Waals surface area contributed by atoms with Gasteiger partial charge in [-0.2, -0.15) is 5.10 Å². The summed E-state index contributed by atoms with van der Waals surface area (Å²) in [6.45, 7) is 2.69. The number of nitrogens with one attached hydrogen (secondary N) is 3. The molecule has 3 N–H and O–H groups in total. The Morgan fingerprint density at radius 1 is 1.39 bits per heavy atom. The number of hydrogen-bond donors (Lipinski definition) is 3. The number of carbonyl (C=O) groups is 1. The number of fused-ring (bicyclic) bond motifs is 2. The van der Waals surface area contributed by atoms with Gasteiger partial charge in [0.25, 0.3) is 0 Å². The molecule has 1 saturated heterocycles. The molecule has 2 aliphatic rings. The van der Waals surface area contributed by atoms with E-state index >= 15 is 0 Å². The van der Waals surface area contributed by atoms with Crippen LogP contribution in [0.4, 0.5) is 10.5 Å². The number of urea groups is 1. The number of rotatable bonds is 5. The summed E-state index contributed by atoms with van der Waals surface area (Å²) in [6.07, 6.45) is 3.99. The summed E-state index contributed by atoms with van der Waals surface area (Å²) in [6, 6.07) is 5.23. The van der Waals surface area contributed by atoms with Gasteiger partial charge in [-0.15, -0.1) is 10.2 Å². The van der Waals surface area contributed by atoms with E-state index in [0.717, 1.165) is 19.3 Å². The van der Waals surface area contributed by atoms with Gasteiger partial charge >= 0.3 is 6.03 Å². The first-order valence-corrected chi connectivity index (χ1v) is 10.6. The summed E-state index contributed by atoms with van der Waals surface area (Å²) in [5.41, 5.74) is 0.721. The molecule has 2 fully saturated rings. The summed E-state index contributed by atoms with van der Waals surface area (Å²) < 4.78 is 5.92. The van der Waals surface area contributed by atoms with E-state index in [2.05, 4.69) is 42.9 Å². The van der Waals surface area contributed by atoms with Crippen LogP contribution in [-0.4, -0.2) is 49.4 Å². The normalized spacial score (nSPS) is 24.7. The first-order chi connectivity index (χ1) is 15.0. The zero-order valence-corrected chi connectivity index (χ0v) is 18.0. The van der Waals surface area contributed by atoms with Crippen molar-refractivity contribution in [2.75, 3.05) is 12.4 Å². The van der Waals surface area contributed by atoms with Crippen LogP contribution in [0.2, 0.25) is 5.02 Å². The number of carbonyl (C=O) groups excluding carboxylic acids is 1. The van der Waals surface area contributed by atoms with Crippen LogP contribution in [0.15, 0.2) is 28.9 Å². The highest BCUT2D eigenvalue weighted by Crippen LogP contribution is 2.55. The van der Waals surface area contributed by atoms with Gasteiger partial charge in [-0.25, -0.2) is 9.78 Å². The lowest BCUT2D eigenvalue weighted by molar-refractivity contribution is -0.110. The Balaban J connectivity index is 1.41. The number of likely N-dealkylation sites (tertiary alicyclic amines) is 1. The minimum atomic E-state index is -0.564. The molecule has 1 aliphatic carbocycles. The van der Waals surface area contributed by atoms with E-state index in [1.165, 1.54) is 6.33 Å². The number of aromatic amines is 1. The van der Waals surface area contributed by atoms with Crippen molar-refractivity contribution in [1.82, 2.24) is 35.6 Å². The van der Waals surface area contributed by atoms with Crippen molar-refractivity contribution in [2.24, 2.45) is 5.92 Å². The van der Waals surface area contributed by atoms with Crippen LogP contribution < -0.4 is 10.6 Å². The summed E-state index contributed by atoms with van der Waals surface area (Å²) in [7, 11) is 1.82. The quantitative estimate of drug-likeness (QED) is 0.554. The van der Waals surface area contributed by atoms with Gasteiger partial charge in [0.1, 0.15) is 11.9 Å². The van der Waals surface area contributed by atoms with E-state index in [0.29, 0.717) is 46.3 Å². The minimum absolute atomic E-state index is 0.143. The van der Waals surface area contributed by atoms with Crippen molar-refractivity contribution in [3.05, 3.63) is 41.3 Å². The number of aromatic nitrogens is 5. The Bertz CT molecular complexity index is 1100. The van der Waals surface area contributed by atoms with E-state index in [-0.39, 0.29) is 12.1 Å². The first kappa shape index (κ1) is 20.0. The molecule has 2 aromatic heterocycles. The SMILES string of the molecule is CNCc1nnc([C@@]23C[C@@H](C)C[C@@H](C2)N3C(=O)Nc2ccc(Cl)c(-c3ncn[nH]3)c2)o1. The maximum Gasteiger partial charge on any atom is 0.323 e. The second-order valence-electron chi connectivity index (χ2n) is 8.29. The number of anilines is 1. The number of halogens is 1. The van der Waals surface area contributed by atoms with Crippen molar-refractivity contribution < 1.29 is 9.21 Å². The highest BCUT2D eigenvalue weighted by molar-refractivity contribution is 6.33. The highest BCUT2D eigenvalue weighted by Gasteiger charge is 2.62. The lowest BCUT2D eigenvalue weighted by Gasteiger charge is -2.61. The topological polar surface area (TPSA) is 125 Å². The fourth-order valence-electron chi connectivity index (χ4n) is 4.92. The van der Waals surface area contributed by atoms with Gasteiger partial charge in [-0.1, -0.05) is 18.5 Å². The molecule has 0 unspecified atom stereocenters. The van der Waals surface area contributed by atoms with Crippen molar-refractivity contribution in [3.8, 4) is 11.4 Å². The molecule has 2 amide bonds. The number of amides is 2. The molecule has 3 heterocycles. The molecule has 1 aliphatic heterocycles. The van der Waals surface area contributed by atoms with Gasteiger partial charge in [0.05, 0.1) is 11.6 Å². The number of benzene rings is 1. The van der Waals surface area contributed by atoms with Crippen molar-refractivity contribution >= 4 is 23.3 Å². The summed E-state index contributed by atoms with van der Waals surface area (Å²) in [5, 5.41) is 21.6. The third-order valence-corrected chi connectivity index (χ3v) is 6.39. The van der Waals surface area contributed by atoms with Crippen LogP contribution in [0.25, 0.3) is 11.4 Å². The van der Waals surface area contributed by atoms with Gasteiger partial charge in [-0.3, -0.25) is 5.10 Å². The monoisotopic (exact) mass is 442 g/mol. The van der Waals surface area contributed by atoms with Gasteiger partial charge in [0, 0.05) is 23.7 Å². The Kier molecular flexibility index (Phi) is 4.90. The molecule has 10 nitrogen and oxygen atoms in total. The summed E-state index contributed by atoms with van der Waals surface area (Å²) >= 11 is 6.31. The average molecular weight is 443 g/mol. The molecule has 3 atom stereocenters. The van der Waals surface area contributed by atoms with Crippen LogP contribution >= 0.6 is 11.6 Å². The molecule has 0 spiro atoms. The van der Waals surface area contributed by atoms with E-state index < -0.39 is 5.54 Å². The molecule has 2 bridgehead atoms. The molecule has 3 aromatic rings. The lowest BCUT2D eigenvalue weighted by atomic mass is 9.64. The molecule has 31 heavy (non-hydrogen) atoms.